The maximum atomic E-state index is 12.2. The van der Waals surface area contributed by atoms with Crippen LogP contribution in [0, 0.1) is 0 Å². The number of imidazole rings is 1. The highest BCUT2D eigenvalue weighted by Crippen LogP contribution is 2.54. The van der Waals surface area contributed by atoms with E-state index in [9.17, 15) is 13.2 Å². The maximum Gasteiger partial charge on any atom is 0.422 e. The van der Waals surface area contributed by atoms with Gasteiger partial charge in [0.2, 0.25) is 0 Å². The molecule has 1 aromatic heterocycles. The van der Waals surface area contributed by atoms with Crippen molar-refractivity contribution in [1.29, 1.82) is 0 Å². The lowest BCUT2D eigenvalue weighted by Crippen LogP contribution is -2.19. The molecule has 24 heavy (non-hydrogen) atoms. The van der Waals surface area contributed by atoms with E-state index < -0.39 is 12.8 Å². The van der Waals surface area contributed by atoms with Crippen molar-refractivity contribution in [3.8, 4) is 5.75 Å². The molecule has 2 aromatic carbocycles. The highest BCUT2D eigenvalue weighted by molar-refractivity contribution is 5.75. The van der Waals surface area contributed by atoms with Gasteiger partial charge >= 0.3 is 6.18 Å². The third kappa shape index (κ3) is 3.09. The molecule has 4 rings (SSSR count). The Balaban J connectivity index is 1.44. The fraction of sp³-hybridized carbons (Fsp3) is 0.278. The summed E-state index contributed by atoms with van der Waals surface area (Å²) in [5, 5.41) is 0. The van der Waals surface area contributed by atoms with Crippen LogP contribution in [0.3, 0.4) is 0 Å². The minimum absolute atomic E-state index is 0.233. The van der Waals surface area contributed by atoms with Gasteiger partial charge in [0.1, 0.15) is 11.6 Å². The summed E-state index contributed by atoms with van der Waals surface area (Å²) in [7, 11) is 0. The first kappa shape index (κ1) is 15.1. The molecule has 0 amide bonds. The van der Waals surface area contributed by atoms with Crippen LogP contribution in [0.2, 0.25) is 0 Å². The van der Waals surface area contributed by atoms with Gasteiger partial charge in [-0.1, -0.05) is 24.3 Å². The number of aromatic nitrogens is 2. The SMILES string of the molecule is FC(F)(F)COc1ccc(C2CC2c2nc3ccccc3[nH]2)cc1. The van der Waals surface area contributed by atoms with E-state index in [0.717, 1.165) is 28.8 Å². The van der Waals surface area contributed by atoms with Crippen LogP contribution >= 0.6 is 0 Å². The van der Waals surface area contributed by atoms with E-state index in [4.69, 9.17) is 4.74 Å². The Labute approximate surface area is 136 Å². The summed E-state index contributed by atoms with van der Waals surface area (Å²) in [4.78, 5) is 7.96. The van der Waals surface area contributed by atoms with Crippen LogP contribution in [0.15, 0.2) is 48.5 Å². The largest absolute Gasteiger partial charge is 0.484 e. The van der Waals surface area contributed by atoms with Gasteiger partial charge in [0, 0.05) is 5.92 Å². The standard InChI is InChI=1S/C18H15F3N2O/c19-18(20,21)10-24-12-7-5-11(6-8-12)13-9-14(13)17-22-15-3-1-2-4-16(15)23-17/h1-8,13-14H,9-10H2,(H,22,23). The van der Waals surface area contributed by atoms with Crippen LogP contribution in [0.25, 0.3) is 11.0 Å². The molecule has 1 heterocycles. The molecule has 1 saturated carbocycles. The van der Waals surface area contributed by atoms with Crippen molar-refractivity contribution in [2.45, 2.75) is 24.4 Å². The van der Waals surface area contributed by atoms with Crippen LogP contribution in [-0.2, 0) is 0 Å². The average Bonchev–Trinajstić information content (AvgIpc) is 3.24. The number of nitrogens with one attached hydrogen (secondary N) is 1. The summed E-state index contributed by atoms with van der Waals surface area (Å²) in [6.07, 6.45) is -3.33. The number of hydrogen-bond acceptors (Lipinski definition) is 2. The molecular weight excluding hydrogens is 317 g/mol. The van der Waals surface area contributed by atoms with E-state index in [0.29, 0.717) is 11.8 Å². The van der Waals surface area contributed by atoms with Gasteiger partial charge in [-0.15, -0.1) is 0 Å². The van der Waals surface area contributed by atoms with E-state index in [1.165, 1.54) is 0 Å². The van der Waals surface area contributed by atoms with Crippen molar-refractivity contribution >= 4 is 11.0 Å². The van der Waals surface area contributed by atoms with Crippen molar-refractivity contribution in [1.82, 2.24) is 9.97 Å². The number of nitrogens with zero attached hydrogens (tertiary/aromatic N) is 1. The quantitative estimate of drug-likeness (QED) is 0.747. The molecule has 2 atom stereocenters. The molecule has 1 aliphatic carbocycles. The smallest absolute Gasteiger partial charge is 0.422 e. The summed E-state index contributed by atoms with van der Waals surface area (Å²) < 4.78 is 41.2. The van der Waals surface area contributed by atoms with E-state index in [-0.39, 0.29) is 5.75 Å². The Morgan fingerprint density at radius 2 is 1.79 bits per heavy atom. The molecule has 0 saturated heterocycles. The Morgan fingerprint density at radius 1 is 1.04 bits per heavy atom. The lowest BCUT2D eigenvalue weighted by Gasteiger charge is -2.09. The minimum atomic E-state index is -4.32. The predicted octanol–water partition coefficient (Wildman–Crippen LogP) is 4.78. The number of benzene rings is 2. The zero-order valence-electron chi connectivity index (χ0n) is 12.7. The monoisotopic (exact) mass is 332 g/mol. The number of alkyl halides is 3. The lowest BCUT2D eigenvalue weighted by molar-refractivity contribution is -0.153. The topological polar surface area (TPSA) is 37.9 Å². The Morgan fingerprint density at radius 3 is 2.50 bits per heavy atom. The molecule has 0 radical (unpaired) electrons. The van der Waals surface area contributed by atoms with Gasteiger partial charge < -0.3 is 9.72 Å². The highest BCUT2D eigenvalue weighted by atomic mass is 19.4. The van der Waals surface area contributed by atoms with Crippen molar-refractivity contribution in [2.24, 2.45) is 0 Å². The second kappa shape index (κ2) is 5.54. The van der Waals surface area contributed by atoms with Gasteiger partial charge in [0.05, 0.1) is 11.0 Å². The summed E-state index contributed by atoms with van der Waals surface area (Å²) >= 11 is 0. The van der Waals surface area contributed by atoms with Gasteiger partial charge in [-0.05, 0) is 42.2 Å². The second-order valence-electron chi connectivity index (χ2n) is 6.06. The van der Waals surface area contributed by atoms with E-state index in [2.05, 4.69) is 9.97 Å². The van der Waals surface area contributed by atoms with Crippen molar-refractivity contribution < 1.29 is 17.9 Å². The molecule has 0 bridgehead atoms. The first-order valence-corrected chi connectivity index (χ1v) is 7.74. The average molecular weight is 332 g/mol. The van der Waals surface area contributed by atoms with Gasteiger partial charge in [0.25, 0.3) is 0 Å². The number of hydrogen-bond donors (Lipinski definition) is 1. The molecule has 1 N–H and O–H groups in total. The molecule has 0 spiro atoms. The van der Waals surface area contributed by atoms with Crippen LogP contribution in [0.5, 0.6) is 5.75 Å². The minimum Gasteiger partial charge on any atom is -0.484 e. The Hall–Kier alpha value is -2.50. The summed E-state index contributed by atoms with van der Waals surface area (Å²) in [6.45, 7) is -1.27. The zero-order valence-corrected chi connectivity index (χ0v) is 12.7. The first-order valence-electron chi connectivity index (χ1n) is 7.74. The molecule has 124 valence electrons. The van der Waals surface area contributed by atoms with Gasteiger partial charge in [-0.3, -0.25) is 0 Å². The predicted molar refractivity (Wildman–Crippen MR) is 84.2 cm³/mol. The molecule has 1 fully saturated rings. The number of fused-ring (bicyclic) bond motifs is 1. The number of para-hydroxylation sites is 2. The van der Waals surface area contributed by atoms with Crippen LogP contribution in [0.4, 0.5) is 13.2 Å². The normalized spacial score (nSPS) is 20.3. The number of aromatic amines is 1. The molecule has 6 heteroatoms. The molecule has 1 aliphatic rings. The molecular formula is C18H15F3N2O. The first-order chi connectivity index (χ1) is 11.5. The number of halogens is 3. The Bertz CT molecular complexity index is 822. The third-order valence-electron chi connectivity index (χ3n) is 4.26. The van der Waals surface area contributed by atoms with Crippen LogP contribution in [0.1, 0.15) is 29.6 Å². The Kier molecular flexibility index (Phi) is 3.48. The lowest BCUT2D eigenvalue weighted by atomic mass is 10.1. The fourth-order valence-electron chi connectivity index (χ4n) is 2.99. The second-order valence-corrected chi connectivity index (χ2v) is 6.06. The summed E-state index contributed by atoms with van der Waals surface area (Å²) in [5.74, 6) is 1.89. The van der Waals surface area contributed by atoms with E-state index in [1.807, 2.05) is 36.4 Å². The molecule has 2 unspecified atom stereocenters. The maximum absolute atomic E-state index is 12.2. The van der Waals surface area contributed by atoms with E-state index in [1.54, 1.807) is 12.1 Å². The number of H-pyrrole nitrogens is 1. The van der Waals surface area contributed by atoms with Crippen LogP contribution in [-0.4, -0.2) is 22.8 Å². The highest BCUT2D eigenvalue weighted by Gasteiger charge is 2.41. The molecule has 3 nitrogen and oxygen atoms in total. The summed E-state index contributed by atoms with van der Waals surface area (Å²) in [5.41, 5.74) is 3.07. The number of ether oxygens (including phenoxy) is 1. The van der Waals surface area contributed by atoms with Crippen LogP contribution < -0.4 is 4.74 Å². The zero-order chi connectivity index (χ0) is 16.7. The van der Waals surface area contributed by atoms with Gasteiger partial charge in [0.15, 0.2) is 6.61 Å². The third-order valence-corrected chi connectivity index (χ3v) is 4.26. The summed E-state index contributed by atoms with van der Waals surface area (Å²) in [6, 6.07) is 14.7. The number of rotatable bonds is 4. The van der Waals surface area contributed by atoms with Crippen molar-refractivity contribution in [2.75, 3.05) is 6.61 Å². The van der Waals surface area contributed by atoms with Gasteiger partial charge in [-0.2, -0.15) is 13.2 Å². The van der Waals surface area contributed by atoms with Gasteiger partial charge in [-0.25, -0.2) is 4.98 Å². The van der Waals surface area contributed by atoms with Crippen molar-refractivity contribution in [3.63, 3.8) is 0 Å². The fourth-order valence-corrected chi connectivity index (χ4v) is 2.99. The molecule has 3 aromatic rings. The van der Waals surface area contributed by atoms with E-state index >= 15 is 0 Å². The molecule has 0 aliphatic heterocycles. The van der Waals surface area contributed by atoms with Crippen molar-refractivity contribution in [3.05, 3.63) is 59.9 Å².